The number of amides is 2. The van der Waals surface area contributed by atoms with Gasteiger partial charge in [0.1, 0.15) is 12.4 Å². The van der Waals surface area contributed by atoms with E-state index in [9.17, 15) is 9.59 Å². The summed E-state index contributed by atoms with van der Waals surface area (Å²) in [5.41, 5.74) is 3.95. The summed E-state index contributed by atoms with van der Waals surface area (Å²) in [5.74, 6) is -0.00488. The summed E-state index contributed by atoms with van der Waals surface area (Å²) in [7, 11) is 0. The number of benzene rings is 3. The number of nitrogens with zero attached hydrogens (tertiary/aromatic N) is 3. The number of nitrogens with one attached hydrogen (secondary N) is 1. The van der Waals surface area contributed by atoms with Crippen LogP contribution in [0.2, 0.25) is 5.02 Å². The molecule has 0 saturated carbocycles. The zero-order valence-corrected chi connectivity index (χ0v) is 22.3. The first-order valence-corrected chi connectivity index (χ1v) is 12.5. The maximum atomic E-state index is 13.4. The Bertz CT molecular complexity index is 1390. The lowest BCUT2D eigenvalue weighted by molar-refractivity contribution is -0.117. The summed E-state index contributed by atoms with van der Waals surface area (Å²) < 4.78 is 1.76. The topological polar surface area (TPSA) is 67.2 Å². The average Bonchev–Trinajstić information content (AvgIpc) is 3.28. The van der Waals surface area contributed by atoms with E-state index in [2.05, 4.69) is 26.1 Å². The van der Waals surface area contributed by atoms with Gasteiger partial charge in [0.05, 0.1) is 11.4 Å². The van der Waals surface area contributed by atoms with Crippen LogP contribution in [-0.2, 0) is 16.8 Å². The molecule has 3 aromatic carbocycles. The van der Waals surface area contributed by atoms with E-state index < -0.39 is 0 Å². The van der Waals surface area contributed by atoms with E-state index in [-0.39, 0.29) is 23.8 Å². The molecule has 37 heavy (non-hydrogen) atoms. The van der Waals surface area contributed by atoms with Crippen molar-refractivity contribution in [2.75, 3.05) is 11.9 Å². The van der Waals surface area contributed by atoms with Gasteiger partial charge in [0, 0.05) is 28.6 Å². The third-order valence-corrected chi connectivity index (χ3v) is 6.27. The smallest absolute Gasteiger partial charge is 0.254 e. The minimum Gasteiger partial charge on any atom is -0.325 e. The highest BCUT2D eigenvalue weighted by Crippen LogP contribution is 2.27. The zero-order chi connectivity index (χ0) is 26.6. The minimum absolute atomic E-state index is 0.125. The number of carbonyl (C=O) groups is 2. The van der Waals surface area contributed by atoms with Crippen molar-refractivity contribution in [3.8, 4) is 5.69 Å². The quantitative estimate of drug-likeness (QED) is 0.310. The van der Waals surface area contributed by atoms with Gasteiger partial charge in [0.15, 0.2) is 0 Å². The Labute approximate surface area is 222 Å². The first kappa shape index (κ1) is 26.2. The van der Waals surface area contributed by atoms with Crippen molar-refractivity contribution in [2.45, 2.75) is 39.7 Å². The fraction of sp³-hybridized carbons (Fsp3) is 0.233. The van der Waals surface area contributed by atoms with Crippen LogP contribution in [-0.4, -0.2) is 33.0 Å². The van der Waals surface area contributed by atoms with Crippen molar-refractivity contribution >= 4 is 29.2 Å². The maximum absolute atomic E-state index is 13.4. The van der Waals surface area contributed by atoms with Gasteiger partial charge in [-0.1, -0.05) is 80.9 Å². The Morgan fingerprint density at radius 3 is 2.24 bits per heavy atom. The monoisotopic (exact) mass is 514 g/mol. The Hall–Kier alpha value is -3.90. The number of aryl methyl sites for hydroxylation is 1. The largest absolute Gasteiger partial charge is 0.325 e. The number of carbonyl (C=O) groups excluding carboxylic acids is 2. The predicted octanol–water partition coefficient (Wildman–Crippen LogP) is 6.41. The lowest BCUT2D eigenvalue weighted by atomic mass is 9.92. The minimum atomic E-state index is -0.312. The molecule has 1 aromatic heterocycles. The third-order valence-electron chi connectivity index (χ3n) is 6.02. The summed E-state index contributed by atoms with van der Waals surface area (Å²) in [6, 6.07) is 26.1. The molecule has 1 heterocycles. The van der Waals surface area contributed by atoms with E-state index in [0.717, 1.165) is 22.5 Å². The van der Waals surface area contributed by atoms with Crippen molar-refractivity contribution in [3.05, 3.63) is 112 Å². The van der Waals surface area contributed by atoms with Gasteiger partial charge in [-0.3, -0.25) is 9.59 Å². The molecule has 4 aromatic rings. The van der Waals surface area contributed by atoms with Gasteiger partial charge in [-0.25, -0.2) is 4.68 Å². The normalized spacial score (nSPS) is 11.3. The highest BCUT2D eigenvalue weighted by Gasteiger charge is 2.24. The average molecular weight is 515 g/mol. The number of aromatic nitrogens is 2. The van der Waals surface area contributed by atoms with Gasteiger partial charge in [-0.15, -0.1) is 0 Å². The molecule has 0 saturated heterocycles. The van der Waals surface area contributed by atoms with Crippen molar-refractivity contribution in [1.29, 1.82) is 0 Å². The highest BCUT2D eigenvalue weighted by molar-refractivity contribution is 6.30. The number of hydrogen-bond acceptors (Lipinski definition) is 3. The molecule has 2 amide bonds. The molecule has 0 bridgehead atoms. The molecular weight excluding hydrogens is 484 g/mol. The molecule has 0 unspecified atom stereocenters. The number of anilines is 1. The summed E-state index contributed by atoms with van der Waals surface area (Å²) in [5, 5.41) is 8.36. The van der Waals surface area contributed by atoms with Crippen LogP contribution in [0.5, 0.6) is 0 Å². The lowest BCUT2D eigenvalue weighted by Crippen LogP contribution is -2.37. The molecule has 0 atom stereocenters. The fourth-order valence-corrected chi connectivity index (χ4v) is 4.08. The maximum Gasteiger partial charge on any atom is 0.254 e. The van der Waals surface area contributed by atoms with Gasteiger partial charge in [0.25, 0.3) is 5.91 Å². The van der Waals surface area contributed by atoms with Crippen molar-refractivity contribution < 1.29 is 9.59 Å². The van der Waals surface area contributed by atoms with E-state index in [1.54, 1.807) is 28.9 Å². The molecule has 0 spiro atoms. The standard InChI is InChI=1S/C30H31ClN4O2/c1-21-10-8-9-13-25(21)35-27(18-26(33-35)30(2,3)4)32-28(36)20-34(19-22-11-6-5-7-12-22)29(37)23-14-16-24(31)17-15-23/h5-18H,19-20H2,1-4H3,(H,32,36). The van der Waals surface area contributed by atoms with Crippen LogP contribution in [0.25, 0.3) is 5.69 Å². The van der Waals surface area contributed by atoms with E-state index in [0.29, 0.717) is 22.9 Å². The summed E-state index contributed by atoms with van der Waals surface area (Å²) >= 11 is 6.01. The van der Waals surface area contributed by atoms with Crippen LogP contribution < -0.4 is 5.32 Å². The van der Waals surface area contributed by atoms with Crippen LogP contribution in [0.3, 0.4) is 0 Å². The number of halogens is 1. The van der Waals surface area contributed by atoms with Crippen LogP contribution in [0, 0.1) is 6.92 Å². The number of rotatable bonds is 7. The second-order valence-electron chi connectivity index (χ2n) is 10.1. The van der Waals surface area contributed by atoms with Crippen LogP contribution >= 0.6 is 11.6 Å². The first-order chi connectivity index (χ1) is 17.6. The molecule has 0 aliphatic heterocycles. The summed E-state index contributed by atoms with van der Waals surface area (Å²) in [4.78, 5) is 28.3. The van der Waals surface area contributed by atoms with Gasteiger partial charge >= 0.3 is 0 Å². The van der Waals surface area contributed by atoms with Crippen molar-refractivity contribution in [1.82, 2.24) is 14.7 Å². The molecule has 0 fully saturated rings. The van der Waals surface area contributed by atoms with Crippen LogP contribution in [0.4, 0.5) is 5.82 Å². The second kappa shape index (κ2) is 11.0. The number of hydrogen-bond donors (Lipinski definition) is 1. The number of para-hydroxylation sites is 1. The first-order valence-electron chi connectivity index (χ1n) is 12.2. The van der Waals surface area contributed by atoms with E-state index >= 15 is 0 Å². The molecule has 0 aliphatic rings. The van der Waals surface area contributed by atoms with E-state index in [4.69, 9.17) is 16.7 Å². The Morgan fingerprint density at radius 2 is 1.59 bits per heavy atom. The SMILES string of the molecule is Cc1ccccc1-n1nc(C(C)(C)C)cc1NC(=O)CN(Cc1ccccc1)C(=O)c1ccc(Cl)cc1. The van der Waals surface area contributed by atoms with Crippen molar-refractivity contribution in [3.63, 3.8) is 0 Å². The zero-order valence-electron chi connectivity index (χ0n) is 21.5. The van der Waals surface area contributed by atoms with Crippen LogP contribution in [0.15, 0.2) is 84.9 Å². The Balaban J connectivity index is 1.62. The Kier molecular flexibility index (Phi) is 7.79. The molecular formula is C30H31ClN4O2. The molecule has 0 radical (unpaired) electrons. The van der Waals surface area contributed by atoms with Crippen molar-refractivity contribution in [2.24, 2.45) is 0 Å². The molecule has 4 rings (SSSR count). The molecule has 6 nitrogen and oxygen atoms in total. The third kappa shape index (κ3) is 6.46. The van der Waals surface area contributed by atoms with E-state index in [1.165, 1.54) is 4.90 Å². The molecule has 0 aliphatic carbocycles. The molecule has 190 valence electrons. The molecule has 1 N–H and O–H groups in total. The van der Waals surface area contributed by atoms with Gasteiger partial charge in [-0.2, -0.15) is 5.10 Å². The van der Waals surface area contributed by atoms with E-state index in [1.807, 2.05) is 67.6 Å². The van der Waals surface area contributed by atoms with Gasteiger partial charge in [-0.05, 0) is 48.4 Å². The van der Waals surface area contributed by atoms with Gasteiger partial charge in [0.2, 0.25) is 5.91 Å². The Morgan fingerprint density at radius 1 is 0.946 bits per heavy atom. The van der Waals surface area contributed by atoms with Crippen LogP contribution in [0.1, 0.15) is 48.0 Å². The summed E-state index contributed by atoms with van der Waals surface area (Å²) in [6.07, 6.45) is 0. The van der Waals surface area contributed by atoms with Gasteiger partial charge < -0.3 is 10.2 Å². The predicted molar refractivity (Wildman–Crippen MR) is 148 cm³/mol. The fourth-order valence-electron chi connectivity index (χ4n) is 3.96. The highest BCUT2D eigenvalue weighted by atomic mass is 35.5. The summed E-state index contributed by atoms with van der Waals surface area (Å²) in [6.45, 7) is 8.41. The molecule has 7 heteroatoms. The lowest BCUT2D eigenvalue weighted by Gasteiger charge is -2.23. The second-order valence-corrected chi connectivity index (χ2v) is 10.5.